The van der Waals surface area contributed by atoms with E-state index in [1.807, 2.05) is 13.8 Å². The number of fused-ring (bicyclic) bond motifs is 1. The van der Waals surface area contributed by atoms with Crippen LogP contribution < -0.4 is 0 Å². The van der Waals surface area contributed by atoms with Gasteiger partial charge in [-0.15, -0.1) is 0 Å². The highest BCUT2D eigenvalue weighted by Gasteiger charge is 2.49. The van der Waals surface area contributed by atoms with Crippen LogP contribution in [-0.4, -0.2) is 45.3 Å². The Balaban J connectivity index is 1.67. The third kappa shape index (κ3) is 6.28. The van der Waals surface area contributed by atoms with Crippen molar-refractivity contribution in [1.29, 1.82) is 0 Å². The van der Waals surface area contributed by atoms with Crippen LogP contribution in [0.3, 0.4) is 0 Å². The lowest BCUT2D eigenvalue weighted by atomic mass is 9.62. The van der Waals surface area contributed by atoms with Gasteiger partial charge in [-0.05, 0) is 107 Å². The van der Waals surface area contributed by atoms with E-state index in [1.165, 1.54) is 17.6 Å². The number of aliphatic hydroxyl groups is 3. The van der Waals surface area contributed by atoms with Gasteiger partial charge in [0.25, 0.3) is 0 Å². The molecule has 0 aliphatic heterocycles. The molecule has 0 aromatic carbocycles. The first kappa shape index (κ1) is 26.4. The van der Waals surface area contributed by atoms with Crippen molar-refractivity contribution in [2.75, 3.05) is 6.61 Å². The number of aliphatic hydroxyl groups excluding tert-OH is 2. The van der Waals surface area contributed by atoms with Gasteiger partial charge in [-0.1, -0.05) is 37.3 Å². The van der Waals surface area contributed by atoms with Gasteiger partial charge < -0.3 is 20.1 Å². The molecule has 0 aromatic heterocycles. The Morgan fingerprint density at radius 2 is 1.91 bits per heavy atom. The van der Waals surface area contributed by atoms with Crippen molar-refractivity contribution >= 4 is 0 Å². The van der Waals surface area contributed by atoms with Crippen LogP contribution >= 0.6 is 0 Å². The standard InChI is InChI=1S/C29H46O4/c1-20-22(18-23(30)19-25(20)31)12-11-21-10-9-16-29(6)24(21)13-14-26(29)28(4,5)33-17-8-7-15-27(2,3)32/h11-12,14,23-25,30-32H,1,7-10,13,15-19H2,2-6H3/b21-11+,22-12-/t23-,24+,25+,29+/m1/s1. The van der Waals surface area contributed by atoms with E-state index in [-0.39, 0.29) is 11.0 Å². The minimum Gasteiger partial charge on any atom is -0.393 e. The quantitative estimate of drug-likeness (QED) is 0.318. The molecular weight excluding hydrogens is 412 g/mol. The number of rotatable bonds is 8. The van der Waals surface area contributed by atoms with Gasteiger partial charge in [0.1, 0.15) is 0 Å². The van der Waals surface area contributed by atoms with Gasteiger partial charge in [0.2, 0.25) is 0 Å². The zero-order valence-electron chi connectivity index (χ0n) is 21.5. The number of hydrogen-bond donors (Lipinski definition) is 3. The zero-order chi connectivity index (χ0) is 24.4. The molecule has 2 fully saturated rings. The Labute approximate surface area is 201 Å². The van der Waals surface area contributed by atoms with Gasteiger partial charge in [-0.2, -0.15) is 0 Å². The molecule has 4 nitrogen and oxygen atoms in total. The molecule has 4 atom stereocenters. The first-order valence-corrected chi connectivity index (χ1v) is 12.9. The topological polar surface area (TPSA) is 69.9 Å². The SMILES string of the molecule is C=C1/C(=C\C=C2/CCC[C@]3(C)C(C(C)(C)OCCCCC(C)(C)O)=CC[C@@H]23)C[C@@H](O)C[C@@H]1O. The van der Waals surface area contributed by atoms with Crippen molar-refractivity contribution in [1.82, 2.24) is 0 Å². The highest BCUT2D eigenvalue weighted by molar-refractivity contribution is 5.41. The molecule has 2 saturated carbocycles. The Morgan fingerprint density at radius 3 is 2.61 bits per heavy atom. The second-order valence-corrected chi connectivity index (χ2v) is 11.9. The van der Waals surface area contributed by atoms with E-state index in [0.29, 0.717) is 25.4 Å². The predicted molar refractivity (Wildman–Crippen MR) is 135 cm³/mol. The lowest BCUT2D eigenvalue weighted by molar-refractivity contribution is -0.0121. The summed E-state index contributed by atoms with van der Waals surface area (Å²) in [5.41, 5.74) is 3.80. The fourth-order valence-electron chi connectivity index (χ4n) is 6.28. The largest absolute Gasteiger partial charge is 0.393 e. The van der Waals surface area contributed by atoms with Crippen LogP contribution in [-0.2, 0) is 4.74 Å². The summed E-state index contributed by atoms with van der Waals surface area (Å²) in [4.78, 5) is 0. The molecule has 33 heavy (non-hydrogen) atoms. The Bertz CT molecular complexity index is 810. The lowest BCUT2D eigenvalue weighted by Gasteiger charge is -2.45. The molecule has 186 valence electrons. The Morgan fingerprint density at radius 1 is 1.18 bits per heavy atom. The third-order valence-corrected chi connectivity index (χ3v) is 8.11. The molecule has 0 bridgehead atoms. The fourth-order valence-corrected chi connectivity index (χ4v) is 6.28. The summed E-state index contributed by atoms with van der Waals surface area (Å²) < 4.78 is 6.42. The minimum atomic E-state index is -0.642. The summed E-state index contributed by atoms with van der Waals surface area (Å²) >= 11 is 0. The Kier molecular flexibility index (Phi) is 8.16. The van der Waals surface area contributed by atoms with Crippen LogP contribution in [0.2, 0.25) is 0 Å². The average Bonchev–Trinajstić information content (AvgIpc) is 3.06. The van der Waals surface area contributed by atoms with Crippen LogP contribution in [0.25, 0.3) is 0 Å². The molecule has 0 amide bonds. The van der Waals surface area contributed by atoms with Crippen LogP contribution in [0.4, 0.5) is 0 Å². The first-order chi connectivity index (χ1) is 15.3. The number of allylic oxidation sites excluding steroid dienone is 4. The number of unbranched alkanes of at least 4 members (excludes halogenated alkanes) is 1. The first-order valence-electron chi connectivity index (χ1n) is 12.9. The highest BCUT2D eigenvalue weighted by Crippen LogP contribution is 2.57. The van der Waals surface area contributed by atoms with E-state index in [4.69, 9.17) is 4.74 Å². The van der Waals surface area contributed by atoms with E-state index >= 15 is 0 Å². The maximum absolute atomic E-state index is 10.2. The minimum absolute atomic E-state index is 0.0990. The molecule has 0 saturated heterocycles. The molecular formula is C29H46O4. The molecule has 0 spiro atoms. The van der Waals surface area contributed by atoms with Crippen molar-refractivity contribution in [3.8, 4) is 0 Å². The zero-order valence-corrected chi connectivity index (χ0v) is 21.5. The third-order valence-electron chi connectivity index (χ3n) is 8.11. The summed E-state index contributed by atoms with van der Waals surface area (Å²) in [6.45, 7) is 15.3. The maximum atomic E-state index is 10.2. The van der Waals surface area contributed by atoms with Crippen LogP contribution in [0.5, 0.6) is 0 Å². The summed E-state index contributed by atoms with van der Waals surface area (Å²) in [5.74, 6) is 0.475. The molecule has 0 unspecified atom stereocenters. The van der Waals surface area contributed by atoms with Gasteiger partial charge in [-0.3, -0.25) is 0 Å². The molecule has 3 rings (SSSR count). The molecule has 3 N–H and O–H groups in total. The number of ether oxygens (including phenoxy) is 1. The van der Waals surface area contributed by atoms with Crippen LogP contribution in [0, 0.1) is 11.3 Å². The smallest absolute Gasteiger partial charge is 0.0840 e. The second kappa shape index (κ2) is 10.2. The Hall–Kier alpha value is -1.20. The monoisotopic (exact) mass is 458 g/mol. The van der Waals surface area contributed by atoms with Crippen molar-refractivity contribution < 1.29 is 20.1 Å². The molecule has 3 aliphatic rings. The molecule has 0 radical (unpaired) electrons. The summed E-state index contributed by atoms with van der Waals surface area (Å²) in [6, 6.07) is 0. The van der Waals surface area contributed by atoms with Gasteiger partial charge in [0, 0.05) is 13.0 Å². The van der Waals surface area contributed by atoms with Gasteiger partial charge >= 0.3 is 0 Å². The van der Waals surface area contributed by atoms with Crippen molar-refractivity contribution in [3.05, 3.63) is 47.1 Å². The van der Waals surface area contributed by atoms with E-state index in [1.54, 1.807) is 0 Å². The van der Waals surface area contributed by atoms with Crippen LogP contribution in [0.1, 0.15) is 92.4 Å². The van der Waals surface area contributed by atoms with E-state index < -0.39 is 17.8 Å². The maximum Gasteiger partial charge on any atom is 0.0840 e. The van der Waals surface area contributed by atoms with Gasteiger partial charge in [0.15, 0.2) is 0 Å². The molecule has 3 aliphatic carbocycles. The average molecular weight is 459 g/mol. The van der Waals surface area contributed by atoms with Crippen molar-refractivity contribution in [2.45, 2.75) is 116 Å². The van der Waals surface area contributed by atoms with E-state index in [0.717, 1.165) is 49.7 Å². The summed E-state index contributed by atoms with van der Waals surface area (Å²) in [6.07, 6.45) is 13.8. The highest BCUT2D eigenvalue weighted by atomic mass is 16.5. The van der Waals surface area contributed by atoms with Gasteiger partial charge in [-0.25, -0.2) is 0 Å². The lowest BCUT2D eigenvalue weighted by Crippen LogP contribution is -2.40. The normalized spacial score (nSPS) is 33.5. The fraction of sp³-hybridized carbons (Fsp3) is 0.724. The second-order valence-electron chi connectivity index (χ2n) is 11.9. The predicted octanol–water partition coefficient (Wildman–Crippen LogP) is 5.78. The summed E-state index contributed by atoms with van der Waals surface area (Å²) in [7, 11) is 0. The van der Waals surface area contributed by atoms with E-state index in [2.05, 4.69) is 45.6 Å². The molecule has 4 heteroatoms. The summed E-state index contributed by atoms with van der Waals surface area (Å²) in [5, 5.41) is 30.1. The molecule has 0 heterocycles. The van der Waals surface area contributed by atoms with Crippen LogP contribution in [0.15, 0.2) is 47.1 Å². The van der Waals surface area contributed by atoms with Crippen molar-refractivity contribution in [3.63, 3.8) is 0 Å². The number of hydrogen-bond acceptors (Lipinski definition) is 4. The molecule has 0 aromatic rings. The van der Waals surface area contributed by atoms with E-state index in [9.17, 15) is 15.3 Å². The van der Waals surface area contributed by atoms with Crippen molar-refractivity contribution in [2.24, 2.45) is 11.3 Å². The van der Waals surface area contributed by atoms with Gasteiger partial charge in [0.05, 0.1) is 23.4 Å².